The Morgan fingerprint density at radius 1 is 1.27 bits per heavy atom. The summed E-state index contributed by atoms with van der Waals surface area (Å²) in [5.41, 5.74) is 3.96. The van der Waals surface area contributed by atoms with Crippen molar-refractivity contribution in [3.8, 4) is 0 Å². The van der Waals surface area contributed by atoms with Crippen LogP contribution in [0.15, 0.2) is 35.5 Å². The SMILES string of the molecule is C=C(COC(=O)CC(C)C)C1CC=C(C)CCC=C(C)CC1. The summed E-state index contributed by atoms with van der Waals surface area (Å²) in [6.07, 6.45) is 10.7. The molecule has 0 bridgehead atoms. The highest BCUT2D eigenvalue weighted by Gasteiger charge is 2.15. The van der Waals surface area contributed by atoms with Gasteiger partial charge in [-0.3, -0.25) is 4.79 Å². The van der Waals surface area contributed by atoms with Gasteiger partial charge in [0.05, 0.1) is 0 Å². The van der Waals surface area contributed by atoms with E-state index < -0.39 is 0 Å². The minimum absolute atomic E-state index is 0.112. The smallest absolute Gasteiger partial charge is 0.306 e. The van der Waals surface area contributed by atoms with Crippen molar-refractivity contribution in [3.63, 3.8) is 0 Å². The van der Waals surface area contributed by atoms with E-state index >= 15 is 0 Å². The molecule has 0 saturated heterocycles. The van der Waals surface area contributed by atoms with Gasteiger partial charge in [0.1, 0.15) is 6.61 Å². The zero-order valence-corrected chi connectivity index (χ0v) is 14.8. The predicted molar refractivity (Wildman–Crippen MR) is 93.6 cm³/mol. The van der Waals surface area contributed by atoms with Crippen molar-refractivity contribution in [3.05, 3.63) is 35.5 Å². The van der Waals surface area contributed by atoms with Gasteiger partial charge in [0.15, 0.2) is 0 Å². The first-order chi connectivity index (χ1) is 10.4. The largest absolute Gasteiger partial charge is 0.461 e. The summed E-state index contributed by atoms with van der Waals surface area (Å²) in [6, 6.07) is 0. The molecule has 0 N–H and O–H groups in total. The van der Waals surface area contributed by atoms with E-state index in [0.29, 0.717) is 24.9 Å². The quantitative estimate of drug-likeness (QED) is 0.488. The van der Waals surface area contributed by atoms with Gasteiger partial charge in [-0.05, 0) is 63.4 Å². The van der Waals surface area contributed by atoms with Gasteiger partial charge in [0.25, 0.3) is 0 Å². The molecule has 0 aromatic rings. The number of rotatable bonds is 5. The molecule has 0 fully saturated rings. The maximum atomic E-state index is 11.7. The van der Waals surface area contributed by atoms with Gasteiger partial charge in [0.2, 0.25) is 0 Å². The molecule has 1 rings (SSSR count). The Morgan fingerprint density at radius 3 is 2.64 bits per heavy atom. The molecule has 2 nitrogen and oxygen atoms in total. The minimum atomic E-state index is -0.112. The van der Waals surface area contributed by atoms with Crippen LogP contribution in [-0.4, -0.2) is 12.6 Å². The van der Waals surface area contributed by atoms with Crippen LogP contribution < -0.4 is 0 Å². The van der Waals surface area contributed by atoms with Gasteiger partial charge in [-0.1, -0.05) is 43.7 Å². The Labute approximate surface area is 136 Å². The predicted octanol–water partition coefficient (Wildman–Crippen LogP) is 5.60. The normalized spacial score (nSPS) is 20.1. The molecule has 22 heavy (non-hydrogen) atoms. The topological polar surface area (TPSA) is 26.3 Å². The van der Waals surface area contributed by atoms with Crippen LogP contribution in [0, 0.1) is 11.8 Å². The molecule has 0 aromatic heterocycles. The fourth-order valence-electron chi connectivity index (χ4n) is 2.67. The number of ether oxygens (including phenoxy) is 1. The number of carbonyl (C=O) groups is 1. The molecule has 0 spiro atoms. The van der Waals surface area contributed by atoms with Crippen LogP contribution in [0.3, 0.4) is 0 Å². The molecule has 124 valence electrons. The monoisotopic (exact) mass is 304 g/mol. The molecule has 1 unspecified atom stereocenters. The van der Waals surface area contributed by atoms with E-state index in [9.17, 15) is 4.79 Å². The first kappa shape index (κ1) is 18.7. The maximum absolute atomic E-state index is 11.7. The molecule has 0 heterocycles. The van der Waals surface area contributed by atoms with Gasteiger partial charge in [-0.15, -0.1) is 0 Å². The molecule has 0 saturated carbocycles. The van der Waals surface area contributed by atoms with Crippen molar-refractivity contribution in [1.82, 2.24) is 0 Å². The van der Waals surface area contributed by atoms with Gasteiger partial charge in [0, 0.05) is 6.42 Å². The van der Waals surface area contributed by atoms with E-state index in [1.54, 1.807) is 0 Å². The van der Waals surface area contributed by atoms with Crippen molar-refractivity contribution in [1.29, 1.82) is 0 Å². The molecular weight excluding hydrogens is 272 g/mol. The second-order valence-corrected chi connectivity index (χ2v) is 7.03. The van der Waals surface area contributed by atoms with E-state index in [4.69, 9.17) is 4.74 Å². The minimum Gasteiger partial charge on any atom is -0.461 e. The van der Waals surface area contributed by atoms with Crippen molar-refractivity contribution in [2.24, 2.45) is 11.8 Å². The highest BCUT2D eigenvalue weighted by atomic mass is 16.5. The number of esters is 1. The molecule has 1 atom stereocenters. The number of carbonyl (C=O) groups excluding carboxylic acids is 1. The van der Waals surface area contributed by atoms with Crippen LogP contribution in [0.25, 0.3) is 0 Å². The van der Waals surface area contributed by atoms with E-state index in [1.807, 2.05) is 13.8 Å². The highest BCUT2D eigenvalue weighted by molar-refractivity contribution is 5.69. The van der Waals surface area contributed by atoms with E-state index in [1.165, 1.54) is 11.1 Å². The van der Waals surface area contributed by atoms with Crippen LogP contribution >= 0.6 is 0 Å². The van der Waals surface area contributed by atoms with E-state index in [0.717, 1.165) is 37.7 Å². The Bertz CT molecular complexity index is 441. The lowest BCUT2D eigenvalue weighted by molar-refractivity contribution is -0.143. The number of hydrogen-bond donors (Lipinski definition) is 0. The van der Waals surface area contributed by atoms with Crippen LogP contribution in [0.5, 0.6) is 0 Å². The van der Waals surface area contributed by atoms with Crippen molar-refractivity contribution in [2.75, 3.05) is 6.61 Å². The van der Waals surface area contributed by atoms with E-state index in [-0.39, 0.29) is 5.97 Å². The molecule has 2 heteroatoms. The summed E-state index contributed by atoms with van der Waals surface area (Å²) >= 11 is 0. The molecule has 1 aliphatic rings. The third-order valence-corrected chi connectivity index (χ3v) is 4.24. The number of allylic oxidation sites excluding steroid dienone is 4. The molecule has 0 amide bonds. The second kappa shape index (κ2) is 9.66. The fraction of sp³-hybridized carbons (Fsp3) is 0.650. The van der Waals surface area contributed by atoms with Gasteiger partial charge >= 0.3 is 5.97 Å². The third-order valence-electron chi connectivity index (χ3n) is 4.24. The van der Waals surface area contributed by atoms with Crippen molar-refractivity contribution < 1.29 is 9.53 Å². The lowest BCUT2D eigenvalue weighted by Crippen LogP contribution is -2.14. The lowest BCUT2D eigenvalue weighted by Gasteiger charge is -2.20. The molecule has 0 radical (unpaired) electrons. The zero-order valence-electron chi connectivity index (χ0n) is 14.8. The average Bonchev–Trinajstić information content (AvgIpc) is 2.43. The molecule has 0 aliphatic heterocycles. The summed E-state index contributed by atoms with van der Waals surface area (Å²) in [7, 11) is 0. The van der Waals surface area contributed by atoms with E-state index in [2.05, 4.69) is 32.6 Å². The van der Waals surface area contributed by atoms with Crippen LogP contribution in [-0.2, 0) is 9.53 Å². The second-order valence-electron chi connectivity index (χ2n) is 7.03. The first-order valence-corrected chi connectivity index (χ1v) is 8.53. The third kappa shape index (κ3) is 7.63. The fourth-order valence-corrected chi connectivity index (χ4v) is 2.67. The van der Waals surface area contributed by atoms with Crippen LogP contribution in [0.2, 0.25) is 0 Å². The Hall–Kier alpha value is -1.31. The molecule has 1 aliphatic carbocycles. The van der Waals surface area contributed by atoms with Crippen molar-refractivity contribution in [2.45, 2.75) is 66.2 Å². The summed E-state index contributed by atoms with van der Waals surface area (Å²) in [5, 5.41) is 0. The maximum Gasteiger partial charge on any atom is 0.306 e. The number of hydrogen-bond acceptors (Lipinski definition) is 2. The Balaban J connectivity index is 2.57. The van der Waals surface area contributed by atoms with Crippen molar-refractivity contribution >= 4 is 5.97 Å². The molecular formula is C20H32O2. The Kier molecular flexibility index (Phi) is 8.22. The van der Waals surface area contributed by atoms with Gasteiger partial charge < -0.3 is 4.74 Å². The Morgan fingerprint density at radius 2 is 1.95 bits per heavy atom. The van der Waals surface area contributed by atoms with Gasteiger partial charge in [-0.2, -0.15) is 0 Å². The van der Waals surface area contributed by atoms with Crippen LogP contribution in [0.1, 0.15) is 66.2 Å². The highest BCUT2D eigenvalue weighted by Crippen LogP contribution is 2.26. The van der Waals surface area contributed by atoms with Gasteiger partial charge in [-0.25, -0.2) is 0 Å². The summed E-state index contributed by atoms with van der Waals surface area (Å²) in [4.78, 5) is 11.7. The summed E-state index contributed by atoms with van der Waals surface area (Å²) < 4.78 is 5.38. The molecule has 0 aromatic carbocycles. The summed E-state index contributed by atoms with van der Waals surface area (Å²) in [5.74, 6) is 0.634. The standard InChI is InChI=1S/C20H32O2/c1-15(2)13-20(21)22-14-18(5)19-11-9-16(3)7-6-8-17(4)10-12-19/h7,10,15,19H,5-6,8-9,11-14H2,1-4H3. The average molecular weight is 304 g/mol. The first-order valence-electron chi connectivity index (χ1n) is 8.53. The zero-order chi connectivity index (χ0) is 16.5. The van der Waals surface area contributed by atoms with Crippen LogP contribution in [0.4, 0.5) is 0 Å². The summed E-state index contributed by atoms with van der Waals surface area (Å²) in [6.45, 7) is 13.0. The lowest BCUT2D eigenvalue weighted by atomic mass is 9.88.